The van der Waals surface area contributed by atoms with Gasteiger partial charge in [0, 0.05) is 37.7 Å². The molecule has 1 aliphatic rings. The van der Waals surface area contributed by atoms with E-state index in [1.807, 2.05) is 23.1 Å². The van der Waals surface area contributed by atoms with Crippen LogP contribution in [0.25, 0.3) is 11.3 Å². The quantitative estimate of drug-likeness (QED) is 0.475. The van der Waals surface area contributed by atoms with E-state index in [9.17, 15) is 14.9 Å². The second-order valence-corrected chi connectivity index (χ2v) is 5.95. The van der Waals surface area contributed by atoms with E-state index in [0.717, 1.165) is 25.9 Å². The van der Waals surface area contributed by atoms with Crippen molar-refractivity contribution in [2.24, 2.45) is 0 Å². The Kier molecular flexibility index (Phi) is 5.23. The number of pyridine rings is 1. The second-order valence-electron chi connectivity index (χ2n) is 5.95. The van der Waals surface area contributed by atoms with Crippen molar-refractivity contribution in [3.05, 3.63) is 52.6 Å². The number of hydrogen-bond donors (Lipinski definition) is 1. The number of aromatic nitrogens is 1. The number of rotatable bonds is 7. The van der Waals surface area contributed by atoms with Gasteiger partial charge in [0.05, 0.1) is 4.92 Å². The number of amides is 1. The third-order valence-electron chi connectivity index (χ3n) is 4.20. The van der Waals surface area contributed by atoms with E-state index in [2.05, 4.69) is 10.3 Å². The molecule has 1 aromatic carbocycles. The minimum absolute atomic E-state index is 0.0144. The zero-order valence-corrected chi connectivity index (χ0v) is 13.9. The largest absolute Gasteiger partial charge is 0.370 e. The monoisotopic (exact) mass is 340 g/mol. The summed E-state index contributed by atoms with van der Waals surface area (Å²) in [6.07, 6.45) is 2.40. The molecule has 0 spiro atoms. The smallest absolute Gasteiger partial charge is 0.295 e. The fourth-order valence-electron chi connectivity index (χ4n) is 2.93. The fourth-order valence-corrected chi connectivity index (χ4v) is 2.93. The fraction of sp³-hybridized carbons (Fsp3) is 0.333. The first-order valence-electron chi connectivity index (χ1n) is 8.37. The van der Waals surface area contributed by atoms with Gasteiger partial charge in [-0.05, 0) is 18.9 Å². The lowest BCUT2D eigenvalue weighted by Crippen LogP contribution is -2.27. The van der Waals surface area contributed by atoms with Crippen molar-refractivity contribution < 1.29 is 9.72 Å². The van der Waals surface area contributed by atoms with Crippen LogP contribution in [0.1, 0.15) is 19.3 Å². The topological polar surface area (TPSA) is 88.4 Å². The first-order chi connectivity index (χ1) is 12.1. The van der Waals surface area contributed by atoms with Crippen molar-refractivity contribution in [3.63, 3.8) is 0 Å². The minimum atomic E-state index is -0.419. The molecule has 1 aromatic heterocycles. The number of likely N-dealkylation sites (tertiary alicyclic amines) is 1. The van der Waals surface area contributed by atoms with Gasteiger partial charge in [-0.2, -0.15) is 0 Å². The molecule has 3 rings (SSSR count). The van der Waals surface area contributed by atoms with Crippen LogP contribution in [-0.4, -0.2) is 40.3 Å². The van der Waals surface area contributed by atoms with Crippen molar-refractivity contribution in [2.75, 3.05) is 25.0 Å². The third kappa shape index (κ3) is 4.12. The Balaban J connectivity index is 1.66. The van der Waals surface area contributed by atoms with Gasteiger partial charge in [0.2, 0.25) is 5.91 Å². The van der Waals surface area contributed by atoms with Gasteiger partial charge < -0.3 is 10.2 Å². The summed E-state index contributed by atoms with van der Waals surface area (Å²) in [6, 6.07) is 12.2. The maximum Gasteiger partial charge on any atom is 0.295 e. The van der Waals surface area contributed by atoms with Crippen LogP contribution >= 0.6 is 0 Å². The molecule has 1 fully saturated rings. The molecule has 7 heteroatoms. The Morgan fingerprint density at radius 3 is 2.68 bits per heavy atom. The summed E-state index contributed by atoms with van der Waals surface area (Å²) in [6.45, 7) is 2.22. The van der Waals surface area contributed by atoms with Crippen LogP contribution in [0.2, 0.25) is 0 Å². The highest BCUT2D eigenvalue weighted by Gasteiger charge is 2.19. The minimum Gasteiger partial charge on any atom is -0.370 e. The highest BCUT2D eigenvalue weighted by Crippen LogP contribution is 2.29. The molecule has 0 unspecified atom stereocenters. The van der Waals surface area contributed by atoms with Crippen LogP contribution in [0.4, 0.5) is 11.5 Å². The van der Waals surface area contributed by atoms with E-state index in [0.29, 0.717) is 30.0 Å². The lowest BCUT2D eigenvalue weighted by Gasteiger charge is -2.15. The number of carbonyl (C=O) groups excluding carboxylic acids is 1. The number of anilines is 1. The van der Waals surface area contributed by atoms with E-state index in [-0.39, 0.29) is 11.6 Å². The van der Waals surface area contributed by atoms with E-state index >= 15 is 0 Å². The van der Waals surface area contributed by atoms with Gasteiger partial charge in [-0.3, -0.25) is 14.9 Å². The van der Waals surface area contributed by atoms with Crippen LogP contribution in [0.15, 0.2) is 42.5 Å². The number of benzene rings is 1. The van der Waals surface area contributed by atoms with Gasteiger partial charge in [-0.25, -0.2) is 4.98 Å². The van der Waals surface area contributed by atoms with Crippen LogP contribution < -0.4 is 5.32 Å². The maximum absolute atomic E-state index is 11.6. The Morgan fingerprint density at radius 1 is 1.20 bits per heavy atom. The molecular formula is C18H20N4O3. The van der Waals surface area contributed by atoms with Gasteiger partial charge >= 0.3 is 0 Å². The zero-order chi connectivity index (χ0) is 17.6. The molecule has 0 atom stereocenters. The normalized spacial score (nSPS) is 13.9. The molecule has 0 saturated carbocycles. The van der Waals surface area contributed by atoms with Crippen molar-refractivity contribution in [2.45, 2.75) is 19.3 Å². The van der Waals surface area contributed by atoms with Crippen molar-refractivity contribution >= 4 is 17.4 Å². The third-order valence-corrected chi connectivity index (χ3v) is 4.20. The number of nitrogens with zero attached hydrogens (tertiary/aromatic N) is 3. The summed E-state index contributed by atoms with van der Waals surface area (Å²) in [7, 11) is 0. The van der Waals surface area contributed by atoms with E-state index < -0.39 is 4.92 Å². The SMILES string of the molecule is O=C1CCCN1CCCNc1ccc([N+](=O)[O-])c(-c2ccccc2)n1. The molecule has 0 aliphatic carbocycles. The van der Waals surface area contributed by atoms with E-state index in [4.69, 9.17) is 0 Å². The molecule has 2 aromatic rings. The highest BCUT2D eigenvalue weighted by molar-refractivity contribution is 5.78. The van der Waals surface area contributed by atoms with Gasteiger partial charge in [-0.15, -0.1) is 0 Å². The van der Waals surface area contributed by atoms with Crippen molar-refractivity contribution in [3.8, 4) is 11.3 Å². The molecule has 1 aliphatic heterocycles. The summed E-state index contributed by atoms with van der Waals surface area (Å²) < 4.78 is 0. The predicted molar refractivity (Wildman–Crippen MR) is 95.2 cm³/mol. The summed E-state index contributed by atoms with van der Waals surface area (Å²) in [5, 5.41) is 14.4. The summed E-state index contributed by atoms with van der Waals surface area (Å²) in [5.41, 5.74) is 1.05. The Morgan fingerprint density at radius 2 is 2.00 bits per heavy atom. The molecule has 1 amide bonds. The first-order valence-corrected chi connectivity index (χ1v) is 8.37. The van der Waals surface area contributed by atoms with E-state index in [1.54, 1.807) is 18.2 Å². The number of nitro groups is 1. The molecule has 0 bridgehead atoms. The maximum atomic E-state index is 11.6. The van der Waals surface area contributed by atoms with Crippen molar-refractivity contribution in [1.29, 1.82) is 0 Å². The average Bonchev–Trinajstić information content (AvgIpc) is 3.04. The highest BCUT2D eigenvalue weighted by atomic mass is 16.6. The summed E-state index contributed by atoms with van der Waals surface area (Å²) in [5.74, 6) is 0.817. The Labute approximate surface area is 145 Å². The zero-order valence-electron chi connectivity index (χ0n) is 13.9. The molecule has 1 saturated heterocycles. The summed E-state index contributed by atoms with van der Waals surface area (Å²) >= 11 is 0. The Bertz CT molecular complexity index is 764. The predicted octanol–water partition coefficient (Wildman–Crippen LogP) is 3.08. The van der Waals surface area contributed by atoms with Crippen molar-refractivity contribution in [1.82, 2.24) is 9.88 Å². The Hall–Kier alpha value is -2.96. The number of hydrogen-bond acceptors (Lipinski definition) is 5. The lowest BCUT2D eigenvalue weighted by molar-refractivity contribution is -0.384. The average molecular weight is 340 g/mol. The molecule has 2 heterocycles. The van der Waals surface area contributed by atoms with Gasteiger partial charge in [0.1, 0.15) is 5.82 Å². The lowest BCUT2D eigenvalue weighted by atomic mass is 10.1. The summed E-state index contributed by atoms with van der Waals surface area (Å²) in [4.78, 5) is 28.7. The molecule has 25 heavy (non-hydrogen) atoms. The molecule has 7 nitrogen and oxygen atoms in total. The number of nitrogens with one attached hydrogen (secondary N) is 1. The standard InChI is InChI=1S/C18H20N4O3/c23-17-8-4-12-21(17)13-5-11-19-16-10-9-15(22(24)25)18(20-16)14-6-2-1-3-7-14/h1-3,6-7,9-10H,4-5,8,11-13H2,(H,19,20). The van der Waals surface area contributed by atoms with Crippen LogP contribution in [0.5, 0.6) is 0 Å². The molecular weight excluding hydrogens is 320 g/mol. The van der Waals surface area contributed by atoms with Crippen LogP contribution in [-0.2, 0) is 4.79 Å². The van der Waals surface area contributed by atoms with Gasteiger partial charge in [0.25, 0.3) is 5.69 Å². The van der Waals surface area contributed by atoms with E-state index in [1.165, 1.54) is 6.07 Å². The van der Waals surface area contributed by atoms with Gasteiger partial charge in [-0.1, -0.05) is 30.3 Å². The van der Waals surface area contributed by atoms with Gasteiger partial charge in [0.15, 0.2) is 5.69 Å². The van der Waals surface area contributed by atoms with Crippen LogP contribution in [0, 0.1) is 10.1 Å². The van der Waals surface area contributed by atoms with Crippen LogP contribution in [0.3, 0.4) is 0 Å². The first kappa shape index (κ1) is 16.9. The number of carbonyl (C=O) groups is 1. The molecule has 1 N–H and O–H groups in total. The molecule has 0 radical (unpaired) electrons. The second kappa shape index (κ2) is 7.74. The molecule has 130 valence electrons.